The molecule has 1 heterocycles. The number of aryl methyl sites for hydroxylation is 1. The zero-order chi connectivity index (χ0) is 21.0. The van der Waals surface area contributed by atoms with Gasteiger partial charge in [-0.1, -0.05) is 6.07 Å². The Kier molecular flexibility index (Phi) is 6.38. The molecule has 0 aliphatic heterocycles. The van der Waals surface area contributed by atoms with Gasteiger partial charge in [0.15, 0.2) is 11.5 Å². The largest absolute Gasteiger partial charge is 0.493 e. The summed E-state index contributed by atoms with van der Waals surface area (Å²) in [7, 11) is 3.09. The van der Waals surface area contributed by atoms with E-state index in [4.69, 9.17) is 9.47 Å². The van der Waals surface area contributed by atoms with Crippen LogP contribution in [0.25, 0.3) is 0 Å². The highest BCUT2D eigenvalue weighted by Gasteiger charge is 2.28. The Labute approximate surface area is 171 Å². The minimum atomic E-state index is -1.09. The molecule has 1 aromatic carbocycles. The van der Waals surface area contributed by atoms with Crippen LogP contribution in [0.1, 0.15) is 32.8 Å². The lowest BCUT2D eigenvalue weighted by molar-refractivity contribution is -0.136. The average Bonchev–Trinajstić information content (AvgIpc) is 3.28. The summed E-state index contributed by atoms with van der Waals surface area (Å²) in [5.74, 6) is -1.58. The molecular formula is C20H22N2O6S. The number of hydrogen-bond donors (Lipinski definition) is 3. The number of carbonyl (C=O) groups excluding carboxylic acids is 2. The van der Waals surface area contributed by atoms with Crippen LogP contribution in [0.3, 0.4) is 0 Å². The van der Waals surface area contributed by atoms with Gasteiger partial charge in [-0.05, 0) is 48.9 Å². The Balaban J connectivity index is 1.57. The number of thiophene rings is 1. The van der Waals surface area contributed by atoms with E-state index in [9.17, 15) is 19.5 Å². The van der Waals surface area contributed by atoms with Gasteiger partial charge >= 0.3 is 17.8 Å². The van der Waals surface area contributed by atoms with Gasteiger partial charge in [-0.2, -0.15) is 0 Å². The van der Waals surface area contributed by atoms with E-state index in [0.29, 0.717) is 24.3 Å². The van der Waals surface area contributed by atoms with Gasteiger partial charge in [0.25, 0.3) is 0 Å². The lowest BCUT2D eigenvalue weighted by Gasteiger charge is -2.10. The summed E-state index contributed by atoms with van der Waals surface area (Å²) in [5.41, 5.74) is 1.78. The fraction of sp³-hybridized carbons (Fsp3) is 0.350. The Bertz CT molecular complexity index is 953. The summed E-state index contributed by atoms with van der Waals surface area (Å²) >= 11 is 1.23. The predicted molar refractivity (Wildman–Crippen MR) is 108 cm³/mol. The maximum Gasteiger partial charge on any atom is 0.339 e. The molecular weight excluding hydrogens is 396 g/mol. The molecule has 0 fully saturated rings. The van der Waals surface area contributed by atoms with E-state index in [1.165, 1.54) is 11.3 Å². The number of fused-ring (bicyclic) bond motifs is 1. The van der Waals surface area contributed by atoms with Crippen molar-refractivity contribution in [1.82, 2.24) is 5.32 Å². The minimum Gasteiger partial charge on any atom is -0.493 e. The number of amides is 2. The molecule has 8 nitrogen and oxygen atoms in total. The molecule has 0 saturated carbocycles. The van der Waals surface area contributed by atoms with E-state index < -0.39 is 17.8 Å². The normalized spacial score (nSPS) is 12.2. The van der Waals surface area contributed by atoms with Crippen LogP contribution in [0, 0.1) is 0 Å². The van der Waals surface area contributed by atoms with Crippen molar-refractivity contribution in [3.05, 3.63) is 39.8 Å². The van der Waals surface area contributed by atoms with Gasteiger partial charge in [-0.3, -0.25) is 9.59 Å². The number of carbonyl (C=O) groups is 3. The monoisotopic (exact) mass is 418 g/mol. The Morgan fingerprint density at radius 1 is 1.10 bits per heavy atom. The van der Waals surface area contributed by atoms with E-state index in [1.807, 2.05) is 6.07 Å². The average molecular weight is 418 g/mol. The second-order valence-electron chi connectivity index (χ2n) is 6.52. The molecule has 0 spiro atoms. The zero-order valence-electron chi connectivity index (χ0n) is 16.2. The van der Waals surface area contributed by atoms with Crippen molar-refractivity contribution in [2.75, 3.05) is 26.1 Å². The molecule has 1 aromatic heterocycles. The van der Waals surface area contributed by atoms with Crippen LogP contribution in [-0.2, 0) is 28.9 Å². The number of nitrogens with one attached hydrogen (secondary N) is 2. The van der Waals surface area contributed by atoms with Gasteiger partial charge in [0.05, 0.1) is 19.8 Å². The smallest absolute Gasteiger partial charge is 0.339 e. The fourth-order valence-electron chi connectivity index (χ4n) is 3.32. The van der Waals surface area contributed by atoms with Crippen molar-refractivity contribution in [3.63, 3.8) is 0 Å². The summed E-state index contributed by atoms with van der Waals surface area (Å²) < 4.78 is 10.4. The van der Waals surface area contributed by atoms with Crippen molar-refractivity contribution < 1.29 is 29.0 Å². The van der Waals surface area contributed by atoms with Crippen LogP contribution in [0.2, 0.25) is 0 Å². The van der Waals surface area contributed by atoms with Crippen molar-refractivity contribution in [2.45, 2.75) is 25.7 Å². The van der Waals surface area contributed by atoms with Gasteiger partial charge in [-0.15, -0.1) is 11.3 Å². The Hall–Kier alpha value is -3.07. The standard InChI is InChI=1S/C20H22N2O6S/c1-27-13-7-6-11(10-14(13)28-2)8-9-21-17(23)18(24)22-19-16(20(25)26)12-4-3-5-15(12)29-19/h6-7,10H,3-5,8-9H2,1-2H3,(H,21,23)(H,22,24)(H,25,26). The highest BCUT2D eigenvalue weighted by Crippen LogP contribution is 2.39. The first-order valence-electron chi connectivity index (χ1n) is 9.12. The summed E-state index contributed by atoms with van der Waals surface area (Å²) in [6.07, 6.45) is 2.88. The molecule has 2 aromatic rings. The fourth-order valence-corrected chi connectivity index (χ4v) is 4.59. The van der Waals surface area contributed by atoms with Crippen LogP contribution < -0.4 is 20.1 Å². The van der Waals surface area contributed by atoms with Crippen LogP contribution in [0.4, 0.5) is 5.00 Å². The summed E-state index contributed by atoms with van der Waals surface area (Å²) in [6, 6.07) is 5.42. The molecule has 9 heteroatoms. The van der Waals surface area contributed by atoms with Crippen LogP contribution in [0.15, 0.2) is 18.2 Å². The molecule has 0 radical (unpaired) electrons. The minimum absolute atomic E-state index is 0.106. The van der Waals surface area contributed by atoms with Crippen LogP contribution in [-0.4, -0.2) is 43.7 Å². The SMILES string of the molecule is COc1ccc(CCNC(=O)C(=O)Nc2sc3c(c2C(=O)O)CCC3)cc1OC. The maximum atomic E-state index is 12.2. The molecule has 1 aliphatic carbocycles. The van der Waals surface area contributed by atoms with E-state index in [1.54, 1.807) is 26.4 Å². The highest BCUT2D eigenvalue weighted by atomic mass is 32.1. The molecule has 1 aliphatic rings. The van der Waals surface area contributed by atoms with Crippen molar-refractivity contribution >= 4 is 34.1 Å². The topological polar surface area (TPSA) is 114 Å². The number of aromatic carboxylic acids is 1. The van der Waals surface area contributed by atoms with E-state index in [2.05, 4.69) is 10.6 Å². The van der Waals surface area contributed by atoms with Gasteiger partial charge in [0.2, 0.25) is 0 Å². The number of carboxylic acid groups (broad SMARTS) is 1. The van der Waals surface area contributed by atoms with Gasteiger partial charge in [0, 0.05) is 11.4 Å². The molecule has 0 saturated heterocycles. The second-order valence-corrected chi connectivity index (χ2v) is 7.62. The molecule has 154 valence electrons. The van der Waals surface area contributed by atoms with Crippen LogP contribution >= 0.6 is 11.3 Å². The summed E-state index contributed by atoms with van der Waals surface area (Å²) in [6.45, 7) is 0.245. The van der Waals surface area contributed by atoms with E-state index in [0.717, 1.165) is 28.8 Å². The molecule has 3 N–H and O–H groups in total. The predicted octanol–water partition coefficient (Wildman–Crippen LogP) is 2.25. The van der Waals surface area contributed by atoms with Crippen molar-refractivity contribution in [1.29, 1.82) is 0 Å². The summed E-state index contributed by atoms with van der Waals surface area (Å²) in [4.78, 5) is 36.8. The number of carboxylic acids is 1. The maximum absolute atomic E-state index is 12.2. The Morgan fingerprint density at radius 3 is 2.55 bits per heavy atom. The number of ether oxygens (including phenoxy) is 2. The molecule has 0 unspecified atom stereocenters. The lowest BCUT2D eigenvalue weighted by Crippen LogP contribution is -2.36. The number of methoxy groups -OCH3 is 2. The van der Waals surface area contributed by atoms with Gasteiger partial charge in [-0.25, -0.2) is 4.79 Å². The van der Waals surface area contributed by atoms with Gasteiger partial charge < -0.3 is 25.2 Å². The van der Waals surface area contributed by atoms with Crippen molar-refractivity contribution in [3.8, 4) is 11.5 Å². The first-order valence-corrected chi connectivity index (χ1v) is 9.94. The lowest BCUT2D eigenvalue weighted by atomic mass is 10.1. The summed E-state index contributed by atoms with van der Waals surface area (Å²) in [5, 5.41) is 14.7. The Morgan fingerprint density at radius 2 is 1.86 bits per heavy atom. The number of benzene rings is 1. The van der Waals surface area contributed by atoms with Crippen LogP contribution in [0.5, 0.6) is 11.5 Å². The van der Waals surface area contributed by atoms with Gasteiger partial charge in [0.1, 0.15) is 5.00 Å². The van der Waals surface area contributed by atoms with Crippen molar-refractivity contribution in [2.24, 2.45) is 0 Å². The third-order valence-corrected chi connectivity index (χ3v) is 5.92. The first kappa shape index (κ1) is 20.7. The number of anilines is 1. The third-order valence-electron chi connectivity index (χ3n) is 4.72. The number of hydrogen-bond acceptors (Lipinski definition) is 6. The molecule has 0 bridgehead atoms. The molecule has 2 amide bonds. The quantitative estimate of drug-likeness (QED) is 0.595. The van der Waals surface area contributed by atoms with E-state index >= 15 is 0 Å². The first-order chi connectivity index (χ1) is 13.9. The molecule has 3 rings (SSSR count). The zero-order valence-corrected chi connectivity index (χ0v) is 17.0. The van der Waals surface area contributed by atoms with E-state index in [-0.39, 0.29) is 17.1 Å². The third kappa shape index (κ3) is 4.51. The molecule has 0 atom stereocenters. The number of rotatable bonds is 7. The second kappa shape index (κ2) is 8.95. The highest BCUT2D eigenvalue weighted by molar-refractivity contribution is 7.17. The molecule has 29 heavy (non-hydrogen) atoms.